The highest BCUT2D eigenvalue weighted by molar-refractivity contribution is 7.99. The van der Waals surface area contributed by atoms with Crippen LogP contribution in [0.5, 0.6) is 0 Å². The van der Waals surface area contributed by atoms with Gasteiger partial charge in [-0.05, 0) is 30.6 Å². The predicted octanol–water partition coefficient (Wildman–Crippen LogP) is 2.67. The lowest BCUT2D eigenvalue weighted by Gasteiger charge is -2.16. The van der Waals surface area contributed by atoms with Crippen LogP contribution in [-0.2, 0) is 0 Å². The maximum Gasteiger partial charge on any atom is 0.212 e. The van der Waals surface area contributed by atoms with Crippen molar-refractivity contribution in [3.63, 3.8) is 0 Å². The third kappa shape index (κ3) is 3.41. The van der Waals surface area contributed by atoms with E-state index in [1.807, 2.05) is 6.26 Å². The number of fused-ring (bicyclic) bond motifs is 1. The molecule has 2 heterocycles. The van der Waals surface area contributed by atoms with Crippen molar-refractivity contribution in [2.75, 3.05) is 17.8 Å². The van der Waals surface area contributed by atoms with Crippen LogP contribution in [0.1, 0.15) is 23.9 Å². The van der Waals surface area contributed by atoms with E-state index in [9.17, 15) is 8.78 Å². The van der Waals surface area contributed by atoms with E-state index in [1.54, 1.807) is 16.4 Å². The molecular weight excluding hydrogens is 340 g/mol. The molecule has 1 aliphatic rings. The molecule has 2 N–H and O–H groups in total. The maximum atomic E-state index is 14.0. The van der Waals surface area contributed by atoms with Crippen molar-refractivity contribution in [3.8, 4) is 0 Å². The Kier molecular flexibility index (Phi) is 4.98. The fourth-order valence-corrected chi connectivity index (χ4v) is 3.53. The minimum absolute atomic E-state index is 0.280. The van der Waals surface area contributed by atoms with Crippen LogP contribution in [0.15, 0.2) is 28.5 Å². The molecule has 0 saturated heterocycles. The maximum absolute atomic E-state index is 14.0. The average Bonchev–Trinajstić information content (AvgIpc) is 2.95. The Bertz CT molecular complexity index is 747. The highest BCUT2D eigenvalue weighted by Crippen LogP contribution is 2.27. The summed E-state index contributed by atoms with van der Waals surface area (Å²) in [6.07, 6.45) is 2.76. The SMILES string of the molecule is CSCCC(N)c1nnc2n1N=C(c1ccc(F)cc1F)CS2. The van der Waals surface area contributed by atoms with Gasteiger partial charge in [0.05, 0.1) is 11.8 Å². The first-order valence-corrected chi connectivity index (χ1v) is 9.34. The van der Waals surface area contributed by atoms with Crippen molar-refractivity contribution in [2.45, 2.75) is 17.6 Å². The summed E-state index contributed by atoms with van der Waals surface area (Å²) in [6, 6.07) is 3.19. The summed E-state index contributed by atoms with van der Waals surface area (Å²) in [5.74, 6) is 0.663. The van der Waals surface area contributed by atoms with E-state index in [2.05, 4.69) is 15.3 Å². The molecule has 2 aromatic rings. The fraction of sp³-hybridized carbons (Fsp3) is 0.357. The van der Waals surface area contributed by atoms with Crippen LogP contribution in [0, 0.1) is 11.6 Å². The Morgan fingerprint density at radius 3 is 2.96 bits per heavy atom. The molecule has 9 heteroatoms. The van der Waals surface area contributed by atoms with E-state index in [-0.39, 0.29) is 11.6 Å². The first-order chi connectivity index (χ1) is 11.1. The summed E-state index contributed by atoms with van der Waals surface area (Å²) in [4.78, 5) is 0. The van der Waals surface area contributed by atoms with Crippen molar-refractivity contribution in [1.82, 2.24) is 14.9 Å². The Hall–Kier alpha value is -1.45. The second kappa shape index (κ2) is 6.98. The molecule has 1 unspecified atom stereocenters. The summed E-state index contributed by atoms with van der Waals surface area (Å²) in [5.41, 5.74) is 6.94. The standard InChI is InChI=1S/C14H15F2N5S2/c1-22-5-4-11(17)13-18-19-14-21(13)20-12(7-23-14)9-3-2-8(15)6-10(9)16/h2-3,6,11H,4-5,7,17H2,1H3. The van der Waals surface area contributed by atoms with Crippen LogP contribution in [0.25, 0.3) is 0 Å². The minimum atomic E-state index is -0.630. The third-order valence-electron chi connectivity index (χ3n) is 3.40. The summed E-state index contributed by atoms with van der Waals surface area (Å²) in [6.45, 7) is 0. The molecule has 0 amide bonds. The molecule has 23 heavy (non-hydrogen) atoms. The van der Waals surface area contributed by atoms with E-state index in [1.165, 1.54) is 23.9 Å². The van der Waals surface area contributed by atoms with Gasteiger partial charge in [-0.25, -0.2) is 8.78 Å². The second-order valence-corrected chi connectivity index (χ2v) is 6.93. The Balaban J connectivity index is 1.95. The topological polar surface area (TPSA) is 69.1 Å². The van der Waals surface area contributed by atoms with Crippen molar-refractivity contribution in [1.29, 1.82) is 0 Å². The number of halogens is 2. The molecule has 1 aromatic heterocycles. The summed E-state index contributed by atoms with van der Waals surface area (Å²) in [5, 5.41) is 13.3. The van der Waals surface area contributed by atoms with Gasteiger partial charge in [0.1, 0.15) is 11.6 Å². The van der Waals surface area contributed by atoms with E-state index >= 15 is 0 Å². The van der Waals surface area contributed by atoms with Crippen molar-refractivity contribution in [2.24, 2.45) is 10.8 Å². The first kappa shape index (κ1) is 16.4. The predicted molar refractivity (Wildman–Crippen MR) is 89.0 cm³/mol. The number of rotatable bonds is 5. The minimum Gasteiger partial charge on any atom is -0.321 e. The van der Waals surface area contributed by atoms with Crippen LogP contribution in [0.2, 0.25) is 0 Å². The zero-order valence-corrected chi connectivity index (χ0v) is 14.0. The zero-order chi connectivity index (χ0) is 16.4. The Labute approximate surface area is 140 Å². The van der Waals surface area contributed by atoms with Gasteiger partial charge in [-0.3, -0.25) is 0 Å². The number of nitrogens with zero attached hydrogens (tertiary/aromatic N) is 4. The van der Waals surface area contributed by atoms with Crippen LogP contribution in [0.3, 0.4) is 0 Å². The van der Waals surface area contributed by atoms with Crippen LogP contribution in [0.4, 0.5) is 8.78 Å². The Morgan fingerprint density at radius 1 is 1.39 bits per heavy atom. The van der Waals surface area contributed by atoms with Crippen LogP contribution >= 0.6 is 23.5 Å². The van der Waals surface area contributed by atoms with Gasteiger partial charge in [-0.1, -0.05) is 11.8 Å². The highest BCUT2D eigenvalue weighted by atomic mass is 32.2. The van der Waals surface area contributed by atoms with Crippen molar-refractivity contribution < 1.29 is 8.78 Å². The van der Waals surface area contributed by atoms with Crippen molar-refractivity contribution in [3.05, 3.63) is 41.2 Å². The summed E-state index contributed by atoms with van der Waals surface area (Å²) >= 11 is 3.11. The molecule has 0 aliphatic carbocycles. The lowest BCUT2D eigenvalue weighted by Crippen LogP contribution is -2.20. The number of nitrogens with two attached hydrogens (primary N) is 1. The molecule has 1 aromatic carbocycles. The van der Waals surface area contributed by atoms with Crippen molar-refractivity contribution >= 4 is 29.2 Å². The number of benzene rings is 1. The Morgan fingerprint density at radius 2 is 2.22 bits per heavy atom. The number of hydrogen-bond donors (Lipinski definition) is 1. The summed E-state index contributed by atoms with van der Waals surface area (Å²) in [7, 11) is 0. The van der Waals surface area contributed by atoms with E-state index in [0.29, 0.717) is 22.4 Å². The van der Waals surface area contributed by atoms with Gasteiger partial charge in [-0.2, -0.15) is 21.5 Å². The molecule has 0 saturated carbocycles. The summed E-state index contributed by atoms with van der Waals surface area (Å²) < 4.78 is 28.6. The molecular formula is C14H15F2N5S2. The van der Waals surface area contributed by atoms with E-state index in [4.69, 9.17) is 5.73 Å². The third-order valence-corrected chi connectivity index (χ3v) is 4.98. The first-order valence-electron chi connectivity index (χ1n) is 6.96. The molecule has 0 spiro atoms. The molecule has 1 aliphatic heterocycles. The van der Waals surface area contributed by atoms with Gasteiger partial charge >= 0.3 is 0 Å². The van der Waals surface area contributed by atoms with E-state index in [0.717, 1.165) is 18.2 Å². The average molecular weight is 355 g/mol. The number of thioether (sulfide) groups is 2. The second-order valence-electron chi connectivity index (χ2n) is 5.00. The van der Waals surface area contributed by atoms with Crippen LogP contribution in [-0.4, -0.2) is 38.3 Å². The molecule has 5 nitrogen and oxygen atoms in total. The molecule has 1 atom stereocenters. The van der Waals surface area contributed by atoms with Gasteiger partial charge in [-0.15, -0.1) is 10.2 Å². The van der Waals surface area contributed by atoms with Gasteiger partial charge < -0.3 is 5.73 Å². The monoisotopic (exact) mass is 355 g/mol. The van der Waals surface area contributed by atoms with Gasteiger partial charge in [0.15, 0.2) is 5.82 Å². The molecule has 0 bridgehead atoms. The van der Waals surface area contributed by atoms with Gasteiger partial charge in [0.25, 0.3) is 0 Å². The molecule has 3 rings (SSSR count). The number of hydrogen-bond acceptors (Lipinski definition) is 6. The smallest absolute Gasteiger partial charge is 0.212 e. The molecule has 0 radical (unpaired) electrons. The number of aromatic nitrogens is 3. The van der Waals surface area contributed by atoms with Gasteiger partial charge in [0.2, 0.25) is 5.16 Å². The van der Waals surface area contributed by atoms with Crippen LogP contribution < -0.4 is 5.73 Å². The lowest BCUT2D eigenvalue weighted by atomic mass is 10.1. The molecule has 122 valence electrons. The van der Waals surface area contributed by atoms with E-state index < -0.39 is 11.6 Å². The largest absolute Gasteiger partial charge is 0.321 e. The van der Waals surface area contributed by atoms with Gasteiger partial charge in [0, 0.05) is 17.4 Å². The fourth-order valence-electron chi connectivity index (χ4n) is 2.20. The lowest BCUT2D eigenvalue weighted by molar-refractivity contribution is 0.580. The normalized spacial score (nSPS) is 15.2. The zero-order valence-electron chi connectivity index (χ0n) is 12.4. The quantitative estimate of drug-likeness (QED) is 0.893. The highest BCUT2D eigenvalue weighted by Gasteiger charge is 2.24. The molecule has 0 fully saturated rings.